The maximum absolute atomic E-state index is 11.0. The van der Waals surface area contributed by atoms with Gasteiger partial charge in [-0.1, -0.05) is 0 Å². The van der Waals surface area contributed by atoms with E-state index in [1.54, 1.807) is 7.05 Å². The van der Waals surface area contributed by atoms with Gasteiger partial charge in [-0.25, -0.2) is 0 Å². The smallest absolute Gasteiger partial charge is 0.102 e. The third-order valence-electron chi connectivity index (χ3n) is 1.42. The molecule has 0 aromatic rings. The Hall–Kier alpha value is -0.211. The van der Waals surface area contributed by atoms with Gasteiger partial charge in [0, 0.05) is 6.15 Å². The number of quaternary nitrogens is 1. The van der Waals surface area contributed by atoms with Crippen LogP contribution in [0.1, 0.15) is 0 Å². The molecule has 0 aromatic carbocycles. The minimum absolute atomic E-state index is 0. The number of hydrogen-bond donors (Lipinski definition) is 0. The van der Waals surface area contributed by atoms with Gasteiger partial charge in [0.1, 0.15) is 13.1 Å². The molecule has 1 rings (SSSR count). The average Bonchev–Trinajstić information content (AvgIpc) is 1.65. The van der Waals surface area contributed by atoms with Crippen molar-refractivity contribution in [1.82, 2.24) is 0 Å². The summed E-state index contributed by atoms with van der Waals surface area (Å²) in [5, 5.41) is 11.0. The van der Waals surface area contributed by atoms with Crippen LogP contribution in [0.5, 0.6) is 0 Å². The van der Waals surface area contributed by atoms with Crippen molar-refractivity contribution >= 4 is 0 Å². The summed E-state index contributed by atoms with van der Waals surface area (Å²) in [4.78, 5) is 0. The van der Waals surface area contributed by atoms with E-state index in [0.717, 1.165) is 0 Å². The molecule has 1 saturated heterocycles. The Labute approximate surface area is 55.2 Å². The SMILES string of the molecule is C[N+]1([O-])CCOCC1.[Ne]. The van der Waals surface area contributed by atoms with E-state index in [2.05, 4.69) is 0 Å². The number of morpholine rings is 1. The van der Waals surface area contributed by atoms with Crippen molar-refractivity contribution in [2.75, 3.05) is 33.4 Å². The second-order valence-electron chi connectivity index (χ2n) is 2.36. The fraction of sp³-hybridized carbons (Fsp3) is 1.00. The zero-order valence-electron chi connectivity index (χ0n) is 5.45. The fourth-order valence-corrected chi connectivity index (χ4v) is 0.729. The van der Waals surface area contributed by atoms with Gasteiger partial charge >= 0.3 is 0 Å². The van der Waals surface area contributed by atoms with Crippen LogP contribution in [0.4, 0.5) is 0 Å². The summed E-state index contributed by atoms with van der Waals surface area (Å²) >= 11 is 0. The van der Waals surface area contributed by atoms with Crippen LogP contribution in [0.3, 0.4) is 0 Å². The molecule has 4 heteroatoms. The average molecular weight is 137 g/mol. The quantitative estimate of drug-likeness (QED) is 0.347. The normalized spacial score (nSPS) is 24.7. The first kappa shape index (κ1) is 8.79. The summed E-state index contributed by atoms with van der Waals surface area (Å²) in [6, 6.07) is 0. The van der Waals surface area contributed by atoms with E-state index in [1.807, 2.05) is 0 Å². The van der Waals surface area contributed by atoms with Crippen molar-refractivity contribution in [2.45, 2.75) is 0 Å². The van der Waals surface area contributed by atoms with Crippen LogP contribution in [-0.4, -0.2) is 38.0 Å². The van der Waals surface area contributed by atoms with Gasteiger partial charge in [-0.15, -0.1) is 0 Å². The summed E-state index contributed by atoms with van der Waals surface area (Å²) in [6.45, 7) is 2.47. The second kappa shape index (κ2) is 3.08. The zero-order valence-corrected chi connectivity index (χ0v) is 5.45. The number of ether oxygens (including phenoxy) is 1. The standard InChI is InChI=1S/C5H11NO2.Ne/c1-6(7)2-4-8-5-3-6;/h2-5H2,1H3;. The Balaban J connectivity index is 0.000000640. The Bertz CT molecular complexity index is 79.0. The van der Waals surface area contributed by atoms with E-state index in [0.29, 0.717) is 26.3 Å². The molecule has 56 valence electrons. The van der Waals surface area contributed by atoms with Gasteiger partial charge in [0.05, 0.1) is 20.3 Å². The van der Waals surface area contributed by atoms with Gasteiger partial charge in [0.2, 0.25) is 0 Å². The molecular formula is C5H11NNeO2. The predicted molar refractivity (Wildman–Crippen MR) is 30.1 cm³/mol. The van der Waals surface area contributed by atoms with E-state index in [9.17, 15) is 5.21 Å². The molecule has 0 N–H and O–H groups in total. The van der Waals surface area contributed by atoms with Crippen LogP contribution in [0, 0.1) is 11.4 Å². The summed E-state index contributed by atoms with van der Waals surface area (Å²) in [5.41, 5.74) is 0. The molecule has 1 aliphatic rings. The predicted octanol–water partition coefficient (Wildman–Crippen LogP) is -0.0390. The van der Waals surface area contributed by atoms with Crippen LogP contribution in [-0.2, 0) is 4.74 Å². The molecule has 3 nitrogen and oxygen atoms in total. The molecule has 0 radical (unpaired) electrons. The van der Waals surface area contributed by atoms with Gasteiger partial charge in [-0.05, 0) is 0 Å². The number of hydroxylamine groups is 3. The molecular weight excluding hydrogens is 126 g/mol. The minimum atomic E-state index is -0.125. The van der Waals surface area contributed by atoms with Crippen LogP contribution < -0.4 is 0 Å². The Morgan fingerprint density at radius 1 is 1.33 bits per heavy atom. The monoisotopic (exact) mass is 137 g/mol. The maximum atomic E-state index is 11.0. The summed E-state index contributed by atoms with van der Waals surface area (Å²) in [7, 11) is 1.68. The van der Waals surface area contributed by atoms with Crippen LogP contribution in [0.2, 0.25) is 0 Å². The second-order valence-corrected chi connectivity index (χ2v) is 2.36. The summed E-state index contributed by atoms with van der Waals surface area (Å²) in [6.07, 6.45) is 0. The number of rotatable bonds is 0. The van der Waals surface area contributed by atoms with E-state index in [-0.39, 0.29) is 10.8 Å². The first-order valence-corrected chi connectivity index (χ1v) is 2.84. The van der Waals surface area contributed by atoms with E-state index >= 15 is 0 Å². The van der Waals surface area contributed by atoms with E-state index in [4.69, 9.17) is 4.74 Å². The van der Waals surface area contributed by atoms with Crippen LogP contribution >= 0.6 is 0 Å². The van der Waals surface area contributed by atoms with Gasteiger partial charge in [-0.3, -0.25) is 0 Å². The Kier molecular flexibility index (Phi) is 3.01. The molecule has 0 amide bonds. The third-order valence-corrected chi connectivity index (χ3v) is 1.42. The molecule has 0 atom stereocenters. The van der Waals surface area contributed by atoms with Crippen molar-refractivity contribution in [3.63, 3.8) is 0 Å². The van der Waals surface area contributed by atoms with Crippen molar-refractivity contribution in [3.8, 4) is 0 Å². The van der Waals surface area contributed by atoms with Gasteiger partial charge < -0.3 is 14.6 Å². The largest absolute Gasteiger partial charge is 0.633 e. The number of hydrogen-bond acceptors (Lipinski definition) is 2. The molecule has 1 fully saturated rings. The molecule has 0 aliphatic carbocycles. The summed E-state index contributed by atoms with van der Waals surface area (Å²) < 4.78 is 4.86. The molecule has 1 heterocycles. The van der Waals surface area contributed by atoms with Crippen molar-refractivity contribution < 1.29 is 15.5 Å². The van der Waals surface area contributed by atoms with Crippen LogP contribution in [0.25, 0.3) is 0 Å². The molecule has 0 aromatic heterocycles. The van der Waals surface area contributed by atoms with Crippen molar-refractivity contribution in [1.29, 1.82) is 0 Å². The number of nitrogens with zero attached hydrogens (tertiary/aromatic N) is 1. The molecule has 0 saturated carbocycles. The van der Waals surface area contributed by atoms with Gasteiger partial charge in [0.15, 0.2) is 0 Å². The third kappa shape index (κ3) is 2.72. The first-order chi connectivity index (χ1) is 3.71. The summed E-state index contributed by atoms with van der Waals surface area (Å²) in [5.74, 6) is 0. The molecule has 0 bridgehead atoms. The molecule has 0 spiro atoms. The van der Waals surface area contributed by atoms with E-state index in [1.165, 1.54) is 0 Å². The van der Waals surface area contributed by atoms with Gasteiger partial charge in [0.25, 0.3) is 0 Å². The van der Waals surface area contributed by atoms with E-state index < -0.39 is 0 Å². The maximum Gasteiger partial charge on any atom is 0.102 e. The molecule has 0 unspecified atom stereocenters. The van der Waals surface area contributed by atoms with Crippen molar-refractivity contribution in [3.05, 3.63) is 5.21 Å². The zero-order chi connectivity index (χ0) is 6.04. The Morgan fingerprint density at radius 3 is 2.00 bits per heavy atom. The first-order valence-electron chi connectivity index (χ1n) is 2.84. The topological polar surface area (TPSA) is 32.3 Å². The van der Waals surface area contributed by atoms with Crippen LogP contribution in [0.15, 0.2) is 0 Å². The number of likely N-dealkylation sites (N-methyl/N-ethyl adjacent to an activating group) is 1. The Morgan fingerprint density at radius 2 is 1.78 bits per heavy atom. The van der Waals surface area contributed by atoms with Crippen molar-refractivity contribution in [2.24, 2.45) is 0 Å². The van der Waals surface area contributed by atoms with Gasteiger partial charge in [-0.2, -0.15) is 0 Å². The molecule has 1 aliphatic heterocycles. The molecule has 9 heavy (non-hydrogen) atoms. The fourth-order valence-electron chi connectivity index (χ4n) is 0.729. The minimum Gasteiger partial charge on any atom is -0.633 e.